The third kappa shape index (κ3) is 3.52. The van der Waals surface area contributed by atoms with Crippen LogP contribution in [0.15, 0.2) is 46.8 Å². The first-order chi connectivity index (χ1) is 14.5. The topological polar surface area (TPSA) is 123 Å². The summed E-state index contributed by atoms with van der Waals surface area (Å²) in [6.45, 7) is 0.491. The lowest BCUT2D eigenvalue weighted by Crippen LogP contribution is -2.29. The van der Waals surface area contributed by atoms with E-state index < -0.39 is 17.4 Å². The summed E-state index contributed by atoms with van der Waals surface area (Å²) in [4.78, 5) is 49.5. The zero-order valence-corrected chi connectivity index (χ0v) is 16.4. The predicted molar refractivity (Wildman–Crippen MR) is 112 cm³/mol. The van der Waals surface area contributed by atoms with Crippen molar-refractivity contribution in [2.45, 2.75) is 32.1 Å². The first kappa shape index (κ1) is 19.6. The van der Waals surface area contributed by atoms with Crippen molar-refractivity contribution in [3.63, 3.8) is 0 Å². The monoisotopic (exact) mass is 406 g/mol. The standard InChI is InChI=1S/C22H22N4O4/c23-19-18-15(21(29)25-22(18)30)12-17(27)26(19)16-9-5-4-8-14(16)20(28)24-11-10-13-6-2-1-3-7-13/h4-6,8-9,12H,1-3,7,10-11,23H2,(H,24,28)(H,25,29,30). The molecule has 3 amide bonds. The summed E-state index contributed by atoms with van der Waals surface area (Å²) in [5, 5.41) is 5.02. The van der Waals surface area contributed by atoms with E-state index in [0.29, 0.717) is 6.54 Å². The van der Waals surface area contributed by atoms with Crippen molar-refractivity contribution in [3.8, 4) is 5.69 Å². The minimum Gasteiger partial charge on any atom is -0.384 e. The van der Waals surface area contributed by atoms with Gasteiger partial charge in [0.15, 0.2) is 0 Å². The van der Waals surface area contributed by atoms with Gasteiger partial charge in [-0.2, -0.15) is 0 Å². The highest BCUT2D eigenvalue weighted by molar-refractivity contribution is 6.23. The Morgan fingerprint density at radius 3 is 2.70 bits per heavy atom. The van der Waals surface area contributed by atoms with Crippen molar-refractivity contribution in [3.05, 3.63) is 69.0 Å². The smallest absolute Gasteiger partial charge is 0.262 e. The maximum atomic E-state index is 12.8. The number of benzene rings is 1. The fourth-order valence-corrected chi connectivity index (χ4v) is 3.95. The van der Waals surface area contributed by atoms with E-state index in [1.807, 2.05) is 0 Å². The van der Waals surface area contributed by atoms with E-state index in [0.717, 1.165) is 29.9 Å². The number of nitrogens with zero attached hydrogens (tertiary/aromatic N) is 1. The molecule has 0 unspecified atom stereocenters. The molecular weight excluding hydrogens is 384 g/mol. The van der Waals surface area contributed by atoms with E-state index in [1.165, 1.54) is 18.4 Å². The summed E-state index contributed by atoms with van der Waals surface area (Å²) in [5.41, 5.74) is 7.26. The highest BCUT2D eigenvalue weighted by atomic mass is 16.2. The van der Waals surface area contributed by atoms with Gasteiger partial charge >= 0.3 is 0 Å². The molecule has 0 bridgehead atoms. The van der Waals surface area contributed by atoms with Crippen LogP contribution in [0.25, 0.3) is 5.69 Å². The fourth-order valence-electron chi connectivity index (χ4n) is 3.95. The fraction of sp³-hybridized carbons (Fsp3) is 0.273. The molecule has 0 saturated carbocycles. The molecule has 0 radical (unpaired) electrons. The Hall–Kier alpha value is -3.68. The van der Waals surface area contributed by atoms with Gasteiger partial charge in [-0.3, -0.25) is 29.1 Å². The molecule has 1 aromatic heterocycles. The lowest BCUT2D eigenvalue weighted by molar-refractivity contribution is 0.0878. The number of hydrogen-bond donors (Lipinski definition) is 3. The average molecular weight is 406 g/mol. The molecule has 30 heavy (non-hydrogen) atoms. The van der Waals surface area contributed by atoms with Crippen LogP contribution in [-0.2, 0) is 0 Å². The summed E-state index contributed by atoms with van der Waals surface area (Å²) in [6, 6.07) is 7.60. The Labute approximate surface area is 172 Å². The van der Waals surface area contributed by atoms with Crippen molar-refractivity contribution >= 4 is 23.5 Å². The highest BCUT2D eigenvalue weighted by Crippen LogP contribution is 2.24. The number of nitrogens with two attached hydrogens (primary N) is 1. The minimum atomic E-state index is -0.663. The first-order valence-electron chi connectivity index (χ1n) is 9.94. The number of allylic oxidation sites excluding steroid dienone is 1. The maximum absolute atomic E-state index is 12.8. The molecule has 4 N–H and O–H groups in total. The molecule has 0 saturated heterocycles. The molecule has 8 heteroatoms. The highest BCUT2D eigenvalue weighted by Gasteiger charge is 2.32. The van der Waals surface area contributed by atoms with E-state index in [1.54, 1.807) is 24.3 Å². The van der Waals surface area contributed by atoms with Gasteiger partial charge in [0.05, 0.1) is 22.4 Å². The number of rotatable bonds is 5. The second kappa shape index (κ2) is 7.98. The third-order valence-corrected chi connectivity index (χ3v) is 5.46. The molecule has 0 atom stereocenters. The van der Waals surface area contributed by atoms with E-state index >= 15 is 0 Å². The number of anilines is 1. The number of amides is 3. The summed E-state index contributed by atoms with van der Waals surface area (Å²) in [6.07, 6.45) is 7.57. The number of aromatic nitrogens is 1. The second-order valence-corrected chi connectivity index (χ2v) is 7.41. The summed E-state index contributed by atoms with van der Waals surface area (Å²) in [5.74, 6) is -1.83. The molecule has 8 nitrogen and oxygen atoms in total. The van der Waals surface area contributed by atoms with Gasteiger partial charge < -0.3 is 11.1 Å². The van der Waals surface area contributed by atoms with Gasteiger partial charge in [-0.15, -0.1) is 0 Å². The van der Waals surface area contributed by atoms with Gasteiger partial charge in [-0.1, -0.05) is 23.8 Å². The quantitative estimate of drug-likeness (QED) is 0.517. The zero-order valence-electron chi connectivity index (χ0n) is 16.4. The Morgan fingerprint density at radius 1 is 1.13 bits per heavy atom. The molecule has 1 aliphatic heterocycles. The van der Waals surface area contributed by atoms with Gasteiger partial charge in [-0.25, -0.2) is 0 Å². The first-order valence-corrected chi connectivity index (χ1v) is 9.94. The van der Waals surface area contributed by atoms with Crippen LogP contribution in [0, 0.1) is 0 Å². The largest absolute Gasteiger partial charge is 0.384 e. The van der Waals surface area contributed by atoms with Gasteiger partial charge in [0.25, 0.3) is 23.3 Å². The van der Waals surface area contributed by atoms with Crippen molar-refractivity contribution in [1.29, 1.82) is 0 Å². The van der Waals surface area contributed by atoms with Gasteiger partial charge in [-0.05, 0) is 44.2 Å². The molecular formula is C22H22N4O4. The van der Waals surface area contributed by atoms with Crippen molar-refractivity contribution in [1.82, 2.24) is 15.2 Å². The molecule has 0 fully saturated rings. The molecule has 2 aromatic rings. The second-order valence-electron chi connectivity index (χ2n) is 7.41. The lowest BCUT2D eigenvalue weighted by atomic mass is 9.97. The molecule has 1 aliphatic carbocycles. The zero-order chi connectivity index (χ0) is 21.3. The molecule has 154 valence electrons. The summed E-state index contributed by atoms with van der Waals surface area (Å²) in [7, 11) is 0. The summed E-state index contributed by atoms with van der Waals surface area (Å²) < 4.78 is 1.09. The van der Waals surface area contributed by atoms with Crippen LogP contribution in [0.5, 0.6) is 0 Å². The molecule has 4 rings (SSSR count). The molecule has 0 spiro atoms. The van der Waals surface area contributed by atoms with Crippen molar-refractivity contribution in [2.24, 2.45) is 0 Å². The van der Waals surface area contributed by atoms with Crippen LogP contribution in [0.2, 0.25) is 0 Å². The predicted octanol–water partition coefficient (Wildman–Crippen LogP) is 1.92. The molecule has 1 aromatic carbocycles. The number of para-hydroxylation sites is 1. The average Bonchev–Trinajstić information content (AvgIpc) is 3.02. The third-order valence-electron chi connectivity index (χ3n) is 5.46. The van der Waals surface area contributed by atoms with Crippen LogP contribution in [-0.4, -0.2) is 28.8 Å². The van der Waals surface area contributed by atoms with Gasteiger partial charge in [0.1, 0.15) is 5.82 Å². The van der Waals surface area contributed by atoms with Gasteiger partial charge in [0.2, 0.25) is 0 Å². The van der Waals surface area contributed by atoms with Crippen LogP contribution in [0.1, 0.15) is 63.2 Å². The van der Waals surface area contributed by atoms with E-state index in [9.17, 15) is 19.2 Å². The van der Waals surface area contributed by atoms with E-state index in [-0.39, 0.29) is 34.1 Å². The van der Waals surface area contributed by atoms with Crippen molar-refractivity contribution in [2.75, 3.05) is 12.3 Å². The van der Waals surface area contributed by atoms with Crippen LogP contribution >= 0.6 is 0 Å². The normalized spacial score (nSPS) is 15.4. The van der Waals surface area contributed by atoms with Crippen LogP contribution < -0.4 is 21.9 Å². The number of nitrogens with one attached hydrogen (secondary N) is 2. The summed E-state index contributed by atoms with van der Waals surface area (Å²) >= 11 is 0. The Kier molecular flexibility index (Phi) is 5.22. The minimum absolute atomic E-state index is 0.0542. The van der Waals surface area contributed by atoms with E-state index in [2.05, 4.69) is 16.7 Å². The number of nitrogen functional groups attached to an aromatic ring is 1. The Bertz CT molecular complexity index is 1150. The Balaban J connectivity index is 1.64. The number of carbonyl (C=O) groups is 3. The van der Waals surface area contributed by atoms with Crippen LogP contribution in [0.3, 0.4) is 0 Å². The SMILES string of the molecule is Nc1c2c(cc(=O)n1-c1ccccc1C(=O)NCCC1=CCCCC1)C(=O)NC2=O. The number of fused-ring (bicyclic) bond motifs is 1. The number of imide groups is 1. The Morgan fingerprint density at radius 2 is 1.93 bits per heavy atom. The molecule has 2 aliphatic rings. The lowest BCUT2D eigenvalue weighted by Gasteiger charge is -2.16. The number of hydrogen-bond acceptors (Lipinski definition) is 5. The number of pyridine rings is 1. The van der Waals surface area contributed by atoms with Crippen LogP contribution in [0.4, 0.5) is 5.82 Å². The molecule has 2 heterocycles. The number of carbonyl (C=O) groups excluding carboxylic acids is 3. The van der Waals surface area contributed by atoms with E-state index in [4.69, 9.17) is 5.73 Å². The van der Waals surface area contributed by atoms with Crippen molar-refractivity contribution < 1.29 is 14.4 Å². The van der Waals surface area contributed by atoms with Gasteiger partial charge in [0, 0.05) is 12.6 Å². The maximum Gasteiger partial charge on any atom is 0.262 e.